The van der Waals surface area contributed by atoms with E-state index in [9.17, 15) is 30.8 Å². The SMILES string of the molecule is NS(=O)(=O)c1c(C(=O)O)ccc(F)c1-c1cccc(C(F)(F)F)c1. The van der Waals surface area contributed by atoms with Crippen molar-refractivity contribution < 1.29 is 35.9 Å². The van der Waals surface area contributed by atoms with E-state index in [2.05, 4.69) is 0 Å². The number of alkyl halides is 3. The lowest BCUT2D eigenvalue weighted by molar-refractivity contribution is -0.137. The summed E-state index contributed by atoms with van der Waals surface area (Å²) in [6.07, 6.45) is -4.75. The van der Waals surface area contributed by atoms with E-state index >= 15 is 0 Å². The van der Waals surface area contributed by atoms with E-state index in [1.54, 1.807) is 0 Å². The highest BCUT2D eigenvalue weighted by atomic mass is 32.2. The topological polar surface area (TPSA) is 97.5 Å². The highest BCUT2D eigenvalue weighted by molar-refractivity contribution is 7.89. The summed E-state index contributed by atoms with van der Waals surface area (Å²) in [6, 6.07) is 4.51. The van der Waals surface area contributed by atoms with Gasteiger partial charge in [0.15, 0.2) is 0 Å². The molecule has 24 heavy (non-hydrogen) atoms. The van der Waals surface area contributed by atoms with E-state index in [4.69, 9.17) is 10.2 Å². The highest BCUT2D eigenvalue weighted by Gasteiger charge is 2.32. The zero-order valence-electron chi connectivity index (χ0n) is 11.6. The Balaban J connectivity index is 2.90. The predicted octanol–water partition coefficient (Wildman–Crippen LogP) is 2.86. The van der Waals surface area contributed by atoms with Gasteiger partial charge in [-0.15, -0.1) is 0 Å². The number of sulfonamides is 1. The Hall–Kier alpha value is -2.46. The molecule has 0 unspecified atom stereocenters. The number of hydrogen-bond donors (Lipinski definition) is 2. The van der Waals surface area contributed by atoms with Crippen LogP contribution in [0.2, 0.25) is 0 Å². The van der Waals surface area contributed by atoms with Gasteiger partial charge in [-0.3, -0.25) is 0 Å². The van der Waals surface area contributed by atoms with Crippen molar-refractivity contribution >= 4 is 16.0 Å². The van der Waals surface area contributed by atoms with Crippen molar-refractivity contribution in [1.82, 2.24) is 0 Å². The maximum atomic E-state index is 14.1. The van der Waals surface area contributed by atoms with Crippen LogP contribution in [0.5, 0.6) is 0 Å². The van der Waals surface area contributed by atoms with Gasteiger partial charge in [0, 0.05) is 5.56 Å². The Morgan fingerprint density at radius 3 is 2.25 bits per heavy atom. The Morgan fingerprint density at radius 2 is 1.75 bits per heavy atom. The molecule has 10 heteroatoms. The van der Waals surface area contributed by atoms with Crippen LogP contribution in [-0.2, 0) is 16.2 Å². The number of aromatic carboxylic acids is 1. The third-order valence-corrected chi connectivity index (χ3v) is 4.09. The maximum Gasteiger partial charge on any atom is 0.416 e. The average molecular weight is 363 g/mol. The first kappa shape index (κ1) is 17.9. The monoisotopic (exact) mass is 363 g/mol. The van der Waals surface area contributed by atoms with Crippen LogP contribution in [0.15, 0.2) is 41.3 Å². The molecule has 0 aromatic heterocycles. The van der Waals surface area contributed by atoms with E-state index in [0.29, 0.717) is 24.3 Å². The molecule has 0 radical (unpaired) electrons. The Morgan fingerprint density at radius 1 is 1.12 bits per heavy atom. The molecule has 2 rings (SSSR count). The summed E-state index contributed by atoms with van der Waals surface area (Å²) in [5.41, 5.74) is -3.29. The highest BCUT2D eigenvalue weighted by Crippen LogP contribution is 2.36. The van der Waals surface area contributed by atoms with Gasteiger partial charge >= 0.3 is 12.1 Å². The van der Waals surface area contributed by atoms with Crippen LogP contribution in [0.3, 0.4) is 0 Å². The molecule has 3 N–H and O–H groups in total. The van der Waals surface area contributed by atoms with Crippen molar-refractivity contribution in [2.45, 2.75) is 11.1 Å². The summed E-state index contributed by atoms with van der Waals surface area (Å²) in [7, 11) is -4.73. The van der Waals surface area contributed by atoms with Crippen LogP contribution in [-0.4, -0.2) is 19.5 Å². The summed E-state index contributed by atoms with van der Waals surface area (Å²) in [4.78, 5) is 10.1. The number of halogens is 4. The lowest BCUT2D eigenvalue weighted by atomic mass is 10.00. The van der Waals surface area contributed by atoms with Crippen molar-refractivity contribution in [3.63, 3.8) is 0 Å². The van der Waals surface area contributed by atoms with Gasteiger partial charge < -0.3 is 5.11 Å². The van der Waals surface area contributed by atoms with Gasteiger partial charge in [0.25, 0.3) is 0 Å². The molecule has 0 heterocycles. The van der Waals surface area contributed by atoms with Gasteiger partial charge in [-0.1, -0.05) is 12.1 Å². The smallest absolute Gasteiger partial charge is 0.416 e. The molecule has 0 aliphatic carbocycles. The van der Waals surface area contributed by atoms with Crippen LogP contribution in [0.4, 0.5) is 17.6 Å². The molecule has 5 nitrogen and oxygen atoms in total. The van der Waals surface area contributed by atoms with Crippen molar-refractivity contribution in [3.8, 4) is 11.1 Å². The predicted molar refractivity (Wildman–Crippen MR) is 75.2 cm³/mol. The second-order valence-corrected chi connectivity index (χ2v) is 6.23. The quantitative estimate of drug-likeness (QED) is 0.820. The van der Waals surface area contributed by atoms with E-state index in [0.717, 1.165) is 12.1 Å². The number of rotatable bonds is 3. The van der Waals surface area contributed by atoms with E-state index in [1.807, 2.05) is 0 Å². The van der Waals surface area contributed by atoms with Crippen molar-refractivity contribution in [3.05, 3.63) is 53.3 Å². The molecule has 0 fully saturated rings. The minimum atomic E-state index is -4.75. The number of primary sulfonamides is 1. The van der Waals surface area contributed by atoms with Gasteiger partial charge in [0.1, 0.15) is 10.7 Å². The first-order valence-corrected chi connectivity index (χ1v) is 7.74. The zero-order chi connectivity index (χ0) is 18.3. The molecule has 128 valence electrons. The summed E-state index contributed by atoms with van der Waals surface area (Å²) < 4.78 is 76.0. The van der Waals surface area contributed by atoms with E-state index in [-0.39, 0.29) is 0 Å². The molecule has 0 spiro atoms. The summed E-state index contributed by atoms with van der Waals surface area (Å²) >= 11 is 0. The van der Waals surface area contributed by atoms with Crippen molar-refractivity contribution in [2.24, 2.45) is 5.14 Å². The van der Waals surface area contributed by atoms with Crippen molar-refractivity contribution in [1.29, 1.82) is 0 Å². The molecule has 0 saturated carbocycles. The summed E-state index contributed by atoms with van der Waals surface area (Å²) in [6.45, 7) is 0. The van der Waals surface area contributed by atoms with Crippen LogP contribution >= 0.6 is 0 Å². The summed E-state index contributed by atoms with van der Waals surface area (Å²) in [5, 5.41) is 14.0. The zero-order valence-corrected chi connectivity index (χ0v) is 12.5. The Labute approximate surface area is 133 Å². The standard InChI is InChI=1S/C14H9F4NO4S/c15-10-5-4-9(13(20)21)12(24(19,22)23)11(10)7-2-1-3-8(6-7)14(16,17)18/h1-6H,(H,20,21)(H2,19,22,23). The van der Waals surface area contributed by atoms with Gasteiger partial charge in [-0.2, -0.15) is 13.2 Å². The summed E-state index contributed by atoms with van der Waals surface area (Å²) in [5.74, 6) is -2.93. The lowest BCUT2D eigenvalue weighted by Gasteiger charge is -2.14. The van der Waals surface area contributed by atoms with Crippen LogP contribution < -0.4 is 5.14 Å². The Bertz CT molecular complexity index is 923. The van der Waals surface area contributed by atoms with Gasteiger partial charge in [-0.25, -0.2) is 22.7 Å². The number of carboxylic acids is 1. The van der Waals surface area contributed by atoms with Crippen molar-refractivity contribution in [2.75, 3.05) is 0 Å². The first-order valence-electron chi connectivity index (χ1n) is 6.19. The molecule has 0 aliphatic rings. The maximum absolute atomic E-state index is 14.1. The number of carbonyl (C=O) groups is 1. The van der Waals surface area contributed by atoms with Crippen LogP contribution in [0, 0.1) is 5.82 Å². The number of hydrogen-bond acceptors (Lipinski definition) is 3. The lowest BCUT2D eigenvalue weighted by Crippen LogP contribution is -2.19. The minimum absolute atomic E-state index is 0.463. The van der Waals surface area contributed by atoms with Crippen LogP contribution in [0.1, 0.15) is 15.9 Å². The second kappa shape index (κ2) is 5.87. The van der Waals surface area contributed by atoms with Gasteiger partial charge in [0.05, 0.1) is 11.1 Å². The molecule has 0 atom stereocenters. The Kier molecular flexibility index (Phi) is 4.38. The van der Waals surface area contributed by atoms with Crippen LogP contribution in [0.25, 0.3) is 11.1 Å². The molecule has 2 aromatic rings. The fourth-order valence-corrected chi connectivity index (χ4v) is 3.10. The first-order chi connectivity index (χ1) is 10.9. The largest absolute Gasteiger partial charge is 0.478 e. The minimum Gasteiger partial charge on any atom is -0.478 e. The number of nitrogens with two attached hydrogens (primary N) is 1. The van der Waals surface area contributed by atoms with Gasteiger partial charge in [0.2, 0.25) is 10.0 Å². The molecule has 0 amide bonds. The number of carboxylic acid groups (broad SMARTS) is 1. The normalized spacial score (nSPS) is 12.2. The molecule has 2 aromatic carbocycles. The van der Waals surface area contributed by atoms with E-state index in [1.165, 1.54) is 0 Å². The average Bonchev–Trinajstić information content (AvgIpc) is 2.44. The third kappa shape index (κ3) is 3.39. The second-order valence-electron chi connectivity index (χ2n) is 4.73. The molecule has 0 bridgehead atoms. The molecule has 0 aliphatic heterocycles. The van der Waals surface area contributed by atoms with E-state index < -0.39 is 55.1 Å². The van der Waals surface area contributed by atoms with Gasteiger partial charge in [-0.05, 0) is 29.8 Å². The molecular formula is C14H9F4NO4S. The third-order valence-electron chi connectivity index (χ3n) is 3.10. The molecule has 0 saturated heterocycles. The number of benzene rings is 2. The fourth-order valence-electron chi connectivity index (χ4n) is 2.14. The molecular weight excluding hydrogens is 354 g/mol. The fraction of sp³-hybridized carbons (Fsp3) is 0.0714.